The van der Waals surface area contributed by atoms with Crippen LogP contribution in [0, 0.1) is 0 Å². The molecule has 60 valence electrons. The standard InChI is InChI=1S/C3H8O5P2.2Na/c1-2-3-10(6,7)8-9(4)5;;/h2-3H2,1H3,(H,6,7);;/q;2*+1/p-1. The summed E-state index contributed by atoms with van der Waals surface area (Å²) in [6.07, 6.45) is 0.111. The summed E-state index contributed by atoms with van der Waals surface area (Å²) in [6.45, 7) is 1.62. The van der Waals surface area contributed by atoms with Gasteiger partial charge in [-0.25, -0.2) is 0 Å². The quantitative estimate of drug-likeness (QED) is 0.355. The zero-order valence-electron chi connectivity index (χ0n) is 7.35. The fourth-order valence-electron chi connectivity index (χ4n) is 0.416. The van der Waals surface area contributed by atoms with Crippen LogP contribution in [0.15, 0.2) is 0 Å². The van der Waals surface area contributed by atoms with Crippen molar-refractivity contribution in [2.45, 2.75) is 13.3 Å². The van der Waals surface area contributed by atoms with E-state index in [1.165, 1.54) is 0 Å². The Hall–Kier alpha value is 2.21. The molecular formula is C3H7Na2O5P2+. The normalized spacial score (nSPS) is 15.1. The summed E-state index contributed by atoms with van der Waals surface area (Å²) in [5.41, 5.74) is 0. The molecule has 12 heavy (non-hydrogen) atoms. The molecule has 0 aliphatic carbocycles. The van der Waals surface area contributed by atoms with E-state index in [4.69, 9.17) is 0 Å². The van der Waals surface area contributed by atoms with Gasteiger partial charge in [-0.05, 0) is 11.0 Å². The summed E-state index contributed by atoms with van der Waals surface area (Å²) in [5.74, 6) is 0. The van der Waals surface area contributed by atoms with Crippen LogP contribution in [0.25, 0.3) is 0 Å². The van der Waals surface area contributed by atoms with Crippen molar-refractivity contribution < 1.29 is 82.3 Å². The summed E-state index contributed by atoms with van der Waals surface area (Å²) in [4.78, 5) is 20.2. The Balaban J connectivity index is -0.000000405. The van der Waals surface area contributed by atoms with Crippen LogP contribution in [0.1, 0.15) is 13.3 Å². The fraction of sp³-hybridized carbons (Fsp3) is 1.00. The minimum absolute atomic E-state index is 0. The fourth-order valence-corrected chi connectivity index (χ4v) is 2.10. The van der Waals surface area contributed by atoms with E-state index in [0.717, 1.165) is 0 Å². The molecule has 5 nitrogen and oxygen atoms in total. The molecule has 0 aromatic heterocycles. The predicted molar refractivity (Wildman–Crippen MR) is 31.5 cm³/mol. The molecule has 2 atom stereocenters. The number of hydrogen-bond acceptors (Lipinski definition) is 5. The van der Waals surface area contributed by atoms with Crippen LogP contribution in [0.3, 0.4) is 0 Å². The van der Waals surface area contributed by atoms with Gasteiger partial charge in [0, 0.05) is 6.16 Å². The minimum atomic E-state index is -4.09. The first-order valence-corrected chi connectivity index (χ1v) is 5.44. The second-order valence-electron chi connectivity index (χ2n) is 1.64. The molecule has 0 aliphatic heterocycles. The summed E-state index contributed by atoms with van der Waals surface area (Å²) < 4.78 is 23.8. The van der Waals surface area contributed by atoms with E-state index in [0.29, 0.717) is 6.42 Å². The molecule has 9 heteroatoms. The Labute approximate surface area is 116 Å². The van der Waals surface area contributed by atoms with Crippen molar-refractivity contribution in [2.75, 3.05) is 6.16 Å². The third-order valence-corrected chi connectivity index (χ3v) is 3.21. The maximum atomic E-state index is 10.5. The predicted octanol–water partition coefficient (Wildman–Crippen LogP) is -6.01. The van der Waals surface area contributed by atoms with Gasteiger partial charge in [0.1, 0.15) is 0 Å². The van der Waals surface area contributed by atoms with Crippen LogP contribution in [-0.4, -0.2) is 6.16 Å². The molecule has 0 aromatic carbocycles. The third kappa shape index (κ3) is 12.2. The van der Waals surface area contributed by atoms with Crippen molar-refractivity contribution in [3.8, 4) is 0 Å². The molecule has 0 N–H and O–H groups in total. The Morgan fingerprint density at radius 2 is 1.92 bits per heavy atom. The molecule has 2 unspecified atom stereocenters. The molecular weight excluding hydrogens is 224 g/mol. The monoisotopic (exact) mass is 231 g/mol. The molecule has 0 amide bonds. The van der Waals surface area contributed by atoms with Crippen LogP contribution >= 0.6 is 15.9 Å². The van der Waals surface area contributed by atoms with Gasteiger partial charge in [0.15, 0.2) is 7.60 Å². The van der Waals surface area contributed by atoms with Crippen molar-refractivity contribution in [1.82, 2.24) is 0 Å². The van der Waals surface area contributed by atoms with Gasteiger partial charge < -0.3 is 14.4 Å². The zero-order valence-corrected chi connectivity index (χ0v) is 13.1. The van der Waals surface area contributed by atoms with E-state index in [1.807, 2.05) is 0 Å². The Morgan fingerprint density at radius 3 is 2.17 bits per heavy atom. The first kappa shape index (κ1) is 19.7. The Bertz CT molecular complexity index is 174. The number of rotatable bonds is 4. The number of hydrogen-bond donors (Lipinski definition) is 0. The first-order valence-electron chi connectivity index (χ1n) is 2.62. The second-order valence-corrected chi connectivity index (χ2v) is 4.41. The largest absolute Gasteiger partial charge is 1.00 e. The van der Waals surface area contributed by atoms with Gasteiger partial charge in [-0.15, -0.1) is 4.31 Å². The molecule has 0 spiro atoms. The summed E-state index contributed by atoms with van der Waals surface area (Å²) in [6, 6.07) is 0. The van der Waals surface area contributed by atoms with E-state index >= 15 is 0 Å². The minimum Gasteiger partial charge on any atom is -0.775 e. The van der Waals surface area contributed by atoms with Crippen molar-refractivity contribution in [1.29, 1.82) is 0 Å². The molecule has 0 bridgehead atoms. The van der Waals surface area contributed by atoms with Gasteiger partial charge in [-0.3, -0.25) is 0 Å². The second kappa shape index (κ2) is 9.75. The third-order valence-electron chi connectivity index (χ3n) is 0.689. The Morgan fingerprint density at radius 1 is 1.50 bits per heavy atom. The topological polar surface area (TPSA) is 89.5 Å². The molecule has 0 rings (SSSR count). The maximum absolute atomic E-state index is 10.5. The molecule has 0 heterocycles. The smallest absolute Gasteiger partial charge is 0.775 e. The van der Waals surface area contributed by atoms with E-state index in [-0.39, 0.29) is 65.3 Å². The first-order chi connectivity index (χ1) is 4.48. The van der Waals surface area contributed by atoms with Gasteiger partial charge >= 0.3 is 67.4 Å². The van der Waals surface area contributed by atoms with Crippen LogP contribution in [0.2, 0.25) is 0 Å². The van der Waals surface area contributed by atoms with Gasteiger partial charge in [0.2, 0.25) is 0 Å². The van der Waals surface area contributed by atoms with E-state index in [9.17, 15) is 18.9 Å². The van der Waals surface area contributed by atoms with Crippen LogP contribution in [0.4, 0.5) is 0 Å². The van der Waals surface area contributed by atoms with Crippen LogP contribution in [0.5, 0.6) is 0 Å². The van der Waals surface area contributed by atoms with Gasteiger partial charge in [0.05, 0.1) is 0 Å². The van der Waals surface area contributed by atoms with Crippen molar-refractivity contribution in [3.63, 3.8) is 0 Å². The van der Waals surface area contributed by atoms with Gasteiger partial charge in [0.25, 0.3) is 0 Å². The SMILES string of the molecule is CCCP(=O)([O-])O[P+](=O)[O-].[Na+].[Na+]. The summed E-state index contributed by atoms with van der Waals surface area (Å²) in [5, 5.41) is 0. The molecule has 0 fully saturated rings. The Kier molecular flexibility index (Phi) is 16.0. The molecule has 0 saturated carbocycles. The van der Waals surface area contributed by atoms with Gasteiger partial charge in [-0.2, -0.15) is 0 Å². The van der Waals surface area contributed by atoms with Crippen molar-refractivity contribution >= 4 is 15.9 Å². The van der Waals surface area contributed by atoms with Crippen LogP contribution < -0.4 is 68.9 Å². The average Bonchev–Trinajstić information content (AvgIpc) is 1.59. The van der Waals surface area contributed by atoms with Crippen LogP contribution in [-0.2, 0) is 13.4 Å². The maximum Gasteiger partial charge on any atom is 1.00 e. The van der Waals surface area contributed by atoms with E-state index in [1.54, 1.807) is 6.92 Å². The molecule has 0 aromatic rings. The molecule has 0 aliphatic rings. The molecule has 0 saturated heterocycles. The summed E-state index contributed by atoms with van der Waals surface area (Å²) >= 11 is 0. The molecule has 0 radical (unpaired) electrons. The van der Waals surface area contributed by atoms with E-state index < -0.39 is 15.9 Å². The average molecular weight is 231 g/mol. The zero-order chi connectivity index (χ0) is 8.20. The van der Waals surface area contributed by atoms with Crippen molar-refractivity contribution in [2.24, 2.45) is 0 Å². The summed E-state index contributed by atoms with van der Waals surface area (Å²) in [7, 11) is -7.37. The van der Waals surface area contributed by atoms with E-state index in [2.05, 4.69) is 4.31 Å². The van der Waals surface area contributed by atoms with Gasteiger partial charge in [-0.1, -0.05) is 6.92 Å². The van der Waals surface area contributed by atoms with Crippen molar-refractivity contribution in [3.05, 3.63) is 0 Å².